The number of nitrogens with one attached hydrogen (secondary N) is 1. The van der Waals surface area contributed by atoms with Gasteiger partial charge in [0.25, 0.3) is 5.91 Å². The molecule has 2 aliphatic rings. The zero-order valence-corrected chi connectivity index (χ0v) is 24.3. The number of aryl methyl sites for hydroxylation is 1. The van der Waals surface area contributed by atoms with Crippen molar-refractivity contribution in [1.82, 2.24) is 19.8 Å². The largest absolute Gasteiger partial charge is 0.454 e. The van der Waals surface area contributed by atoms with Crippen molar-refractivity contribution in [3.05, 3.63) is 89.2 Å². The molecule has 9 nitrogen and oxygen atoms in total. The Morgan fingerprint density at radius 2 is 1.71 bits per heavy atom. The van der Waals surface area contributed by atoms with E-state index in [1.165, 1.54) is 16.8 Å². The number of hydrogen-bond acceptors (Lipinski definition) is 7. The number of aliphatic hydroxyl groups excluding tert-OH is 1. The van der Waals surface area contributed by atoms with Gasteiger partial charge in [-0.25, -0.2) is 4.98 Å². The summed E-state index contributed by atoms with van der Waals surface area (Å²) in [5.41, 5.74) is 6.63. The molecule has 0 spiro atoms. The highest BCUT2D eigenvalue weighted by atomic mass is 16.7. The van der Waals surface area contributed by atoms with E-state index in [2.05, 4.69) is 47.2 Å². The van der Waals surface area contributed by atoms with Crippen LogP contribution in [0.2, 0.25) is 0 Å². The third kappa shape index (κ3) is 5.57. The fourth-order valence-corrected chi connectivity index (χ4v) is 5.74. The van der Waals surface area contributed by atoms with Crippen LogP contribution in [0.3, 0.4) is 0 Å². The van der Waals surface area contributed by atoms with Gasteiger partial charge in [0.05, 0.1) is 17.5 Å². The highest BCUT2D eigenvalue weighted by Crippen LogP contribution is 2.36. The Balaban J connectivity index is 1.12. The monoisotopic (exact) mass is 567 g/mol. The normalized spacial score (nSPS) is 15.6. The van der Waals surface area contributed by atoms with Gasteiger partial charge < -0.3 is 24.8 Å². The van der Waals surface area contributed by atoms with Gasteiger partial charge in [-0.1, -0.05) is 42.5 Å². The van der Waals surface area contributed by atoms with E-state index in [0.717, 1.165) is 37.4 Å². The van der Waals surface area contributed by atoms with Crippen LogP contribution in [-0.2, 0) is 0 Å². The first kappa shape index (κ1) is 27.8. The van der Waals surface area contributed by atoms with E-state index in [4.69, 9.17) is 14.5 Å². The van der Waals surface area contributed by atoms with Gasteiger partial charge in [0.1, 0.15) is 11.5 Å². The van der Waals surface area contributed by atoms with Gasteiger partial charge in [-0.05, 0) is 50.1 Å². The number of nitrogens with zero attached hydrogens (tertiary/aromatic N) is 4. The van der Waals surface area contributed by atoms with Crippen molar-refractivity contribution in [3.63, 3.8) is 0 Å². The molecule has 0 radical (unpaired) electrons. The molecule has 3 aromatic carbocycles. The summed E-state index contributed by atoms with van der Waals surface area (Å²) in [6.07, 6.45) is -0.689. The van der Waals surface area contributed by atoms with E-state index < -0.39 is 6.10 Å². The number of anilines is 1. The quantitative estimate of drug-likeness (QED) is 0.331. The van der Waals surface area contributed by atoms with Crippen LogP contribution >= 0.6 is 0 Å². The summed E-state index contributed by atoms with van der Waals surface area (Å²) in [5, 5.41) is 13.7. The number of carbonyl (C=O) groups excluding carboxylic acids is 1. The van der Waals surface area contributed by atoms with Gasteiger partial charge in [-0.2, -0.15) is 0 Å². The number of rotatable bonds is 8. The molecule has 218 valence electrons. The maximum Gasteiger partial charge on any atom is 0.271 e. The minimum atomic E-state index is -0.689. The average molecular weight is 568 g/mol. The molecule has 1 unspecified atom stereocenters. The summed E-state index contributed by atoms with van der Waals surface area (Å²) < 4.78 is 13.0. The van der Waals surface area contributed by atoms with Gasteiger partial charge in [-0.15, -0.1) is 0 Å². The summed E-state index contributed by atoms with van der Waals surface area (Å²) in [4.78, 5) is 22.8. The van der Waals surface area contributed by atoms with Crippen molar-refractivity contribution >= 4 is 11.6 Å². The number of carbonyl (C=O) groups is 1. The second-order valence-corrected chi connectivity index (χ2v) is 11.0. The second-order valence-electron chi connectivity index (χ2n) is 11.0. The Bertz CT molecular complexity index is 1580. The molecule has 0 aliphatic carbocycles. The standard InChI is InChI=1S/C33H37N5O4/c1-22-8-7-11-28(23(22)2)37-16-14-36(15-17-37)20-27(39)19-34-33(40)31-24(3)38(32(35-31)25-9-5-4-6-10-25)26-12-13-29-30(18-26)42-21-41-29/h4-13,18,27,39H,14-17,19-21H2,1-3H3,(H,34,40). The minimum absolute atomic E-state index is 0.146. The predicted molar refractivity (Wildman–Crippen MR) is 163 cm³/mol. The van der Waals surface area contributed by atoms with E-state index >= 15 is 0 Å². The Hall–Kier alpha value is -4.34. The predicted octanol–water partition coefficient (Wildman–Crippen LogP) is 4.11. The Kier molecular flexibility index (Phi) is 7.86. The number of aliphatic hydroxyl groups is 1. The molecule has 2 aliphatic heterocycles. The molecule has 1 saturated heterocycles. The molecule has 0 bridgehead atoms. The molecule has 3 heterocycles. The number of amides is 1. The molecule has 2 N–H and O–H groups in total. The van der Waals surface area contributed by atoms with E-state index in [9.17, 15) is 9.90 Å². The molecule has 42 heavy (non-hydrogen) atoms. The zero-order chi connectivity index (χ0) is 29.2. The van der Waals surface area contributed by atoms with Gasteiger partial charge in [0, 0.05) is 56.6 Å². The fraction of sp³-hybridized carbons (Fsp3) is 0.333. The number of ether oxygens (including phenoxy) is 2. The molecule has 6 rings (SSSR count). The maximum atomic E-state index is 13.4. The van der Waals surface area contributed by atoms with Crippen molar-refractivity contribution in [2.24, 2.45) is 0 Å². The third-order valence-electron chi connectivity index (χ3n) is 8.23. The van der Waals surface area contributed by atoms with Crippen LogP contribution < -0.4 is 19.7 Å². The lowest BCUT2D eigenvalue weighted by Gasteiger charge is -2.37. The number of fused-ring (bicyclic) bond motifs is 1. The number of benzene rings is 3. The van der Waals surface area contributed by atoms with E-state index in [-0.39, 0.29) is 19.2 Å². The lowest BCUT2D eigenvalue weighted by Crippen LogP contribution is -2.50. The first-order valence-corrected chi connectivity index (χ1v) is 14.4. The molecule has 4 aromatic rings. The number of imidazole rings is 1. The van der Waals surface area contributed by atoms with Crippen molar-refractivity contribution < 1.29 is 19.4 Å². The summed E-state index contributed by atoms with van der Waals surface area (Å²) >= 11 is 0. The number of hydrogen-bond donors (Lipinski definition) is 2. The molecule has 1 fully saturated rings. The van der Waals surface area contributed by atoms with E-state index in [1.54, 1.807) is 0 Å². The Labute approximate surface area is 246 Å². The van der Waals surface area contributed by atoms with Crippen LogP contribution in [0.4, 0.5) is 5.69 Å². The van der Waals surface area contributed by atoms with Crippen LogP contribution in [0.25, 0.3) is 17.1 Å². The summed E-state index contributed by atoms with van der Waals surface area (Å²) in [6, 6.07) is 21.9. The average Bonchev–Trinajstić information content (AvgIpc) is 3.62. The topological polar surface area (TPSA) is 92.1 Å². The zero-order valence-electron chi connectivity index (χ0n) is 24.3. The molecule has 1 amide bonds. The smallest absolute Gasteiger partial charge is 0.271 e. The van der Waals surface area contributed by atoms with Crippen molar-refractivity contribution in [3.8, 4) is 28.6 Å². The summed E-state index contributed by atoms with van der Waals surface area (Å²) in [7, 11) is 0. The van der Waals surface area contributed by atoms with Gasteiger partial charge in [0.2, 0.25) is 6.79 Å². The number of aromatic nitrogens is 2. The molecular formula is C33H37N5O4. The Morgan fingerprint density at radius 1 is 0.952 bits per heavy atom. The van der Waals surface area contributed by atoms with Crippen molar-refractivity contribution in [1.29, 1.82) is 0 Å². The van der Waals surface area contributed by atoms with Gasteiger partial charge >= 0.3 is 0 Å². The van der Waals surface area contributed by atoms with Gasteiger partial charge in [0.15, 0.2) is 11.5 Å². The number of β-amino-alcohol motifs (C(OH)–C–C–N with tert-alkyl or cyclic N) is 1. The van der Waals surface area contributed by atoms with Crippen molar-refractivity contribution in [2.75, 3.05) is 51.0 Å². The summed E-state index contributed by atoms with van der Waals surface area (Å²) in [6.45, 7) is 10.6. The van der Waals surface area contributed by atoms with Crippen LogP contribution in [0, 0.1) is 20.8 Å². The third-order valence-corrected chi connectivity index (χ3v) is 8.23. The van der Waals surface area contributed by atoms with E-state index in [0.29, 0.717) is 35.3 Å². The van der Waals surface area contributed by atoms with Crippen molar-refractivity contribution in [2.45, 2.75) is 26.9 Å². The highest BCUT2D eigenvalue weighted by molar-refractivity contribution is 5.94. The first-order chi connectivity index (χ1) is 20.4. The molecular weight excluding hydrogens is 530 g/mol. The number of piperazine rings is 1. The SMILES string of the molecule is Cc1cccc(N2CCN(CC(O)CNC(=O)c3nc(-c4ccccc4)n(-c4ccc5c(c4)OCO5)c3C)CC2)c1C. The lowest BCUT2D eigenvalue weighted by molar-refractivity contribution is 0.0847. The fourth-order valence-electron chi connectivity index (χ4n) is 5.74. The second kappa shape index (κ2) is 11.9. The minimum Gasteiger partial charge on any atom is -0.454 e. The lowest BCUT2D eigenvalue weighted by atomic mass is 10.1. The summed E-state index contributed by atoms with van der Waals surface area (Å²) in [5.74, 6) is 1.68. The van der Waals surface area contributed by atoms with Crippen LogP contribution in [0.5, 0.6) is 11.5 Å². The van der Waals surface area contributed by atoms with Gasteiger partial charge in [-0.3, -0.25) is 14.3 Å². The highest BCUT2D eigenvalue weighted by Gasteiger charge is 2.25. The van der Waals surface area contributed by atoms with Crippen LogP contribution in [-0.4, -0.2) is 77.6 Å². The molecule has 1 aromatic heterocycles. The van der Waals surface area contributed by atoms with Crippen LogP contribution in [0.15, 0.2) is 66.7 Å². The maximum absolute atomic E-state index is 13.4. The van der Waals surface area contributed by atoms with E-state index in [1.807, 2.05) is 60.0 Å². The first-order valence-electron chi connectivity index (χ1n) is 14.4. The molecule has 1 atom stereocenters. The molecule has 9 heteroatoms. The Morgan fingerprint density at radius 3 is 2.50 bits per heavy atom. The van der Waals surface area contributed by atoms with Crippen LogP contribution in [0.1, 0.15) is 27.3 Å². The molecule has 0 saturated carbocycles.